The van der Waals surface area contributed by atoms with Gasteiger partial charge in [-0.1, -0.05) is 38.0 Å². The summed E-state index contributed by atoms with van der Waals surface area (Å²) in [4.78, 5) is 12.1. The molecule has 2 fully saturated rings. The molecule has 0 bridgehead atoms. The van der Waals surface area contributed by atoms with Crippen LogP contribution in [-0.2, 0) is 4.79 Å². The summed E-state index contributed by atoms with van der Waals surface area (Å²) in [5.41, 5.74) is 1.82. The first-order valence-corrected chi connectivity index (χ1v) is 12.2. The van der Waals surface area contributed by atoms with Crippen LogP contribution in [0.1, 0.15) is 72.1 Å². The average molecular weight is 453 g/mol. The third-order valence-corrected chi connectivity index (χ3v) is 8.73. The van der Waals surface area contributed by atoms with Gasteiger partial charge in [0.15, 0.2) is 11.6 Å². The van der Waals surface area contributed by atoms with Gasteiger partial charge in [-0.25, -0.2) is 8.78 Å². The van der Waals surface area contributed by atoms with Crippen molar-refractivity contribution in [2.45, 2.75) is 77.7 Å². The number of fused-ring (bicyclic) bond motifs is 4. The van der Waals surface area contributed by atoms with Gasteiger partial charge < -0.3 is 5.11 Å². The zero-order valence-electron chi connectivity index (χ0n) is 19.9. The maximum atomic E-state index is 16.0. The van der Waals surface area contributed by atoms with Gasteiger partial charge in [-0.3, -0.25) is 4.79 Å². The lowest BCUT2D eigenvalue weighted by atomic mass is 9.52. The van der Waals surface area contributed by atoms with Crippen molar-refractivity contribution in [3.05, 3.63) is 58.8 Å². The zero-order chi connectivity index (χ0) is 24.0. The molecule has 0 saturated heterocycles. The topological polar surface area (TPSA) is 37.3 Å². The van der Waals surface area contributed by atoms with Gasteiger partial charge in [0.2, 0.25) is 0 Å². The molecule has 2 nitrogen and oxygen atoms in total. The van der Waals surface area contributed by atoms with E-state index in [0.717, 1.165) is 36.0 Å². The van der Waals surface area contributed by atoms with Gasteiger partial charge in [-0.15, -0.1) is 5.92 Å². The molecule has 2 saturated carbocycles. The summed E-state index contributed by atoms with van der Waals surface area (Å²) in [5, 5.41) is 11.6. The molecule has 0 spiro atoms. The van der Waals surface area contributed by atoms with E-state index >= 15 is 8.78 Å². The number of allylic oxidation sites excluding steroid dienone is 9. The molecule has 5 atom stereocenters. The largest absolute Gasteiger partial charge is 0.377 e. The lowest BCUT2D eigenvalue weighted by Crippen LogP contribution is -2.51. The van der Waals surface area contributed by atoms with Gasteiger partial charge >= 0.3 is 0 Å². The number of carbonyl (C=O) groups excluding carboxylic acids is 1. The van der Waals surface area contributed by atoms with Crippen LogP contribution in [0.2, 0.25) is 0 Å². The molecule has 4 aliphatic carbocycles. The van der Waals surface area contributed by atoms with Crippen molar-refractivity contribution in [2.75, 3.05) is 0 Å². The molecule has 4 heteroatoms. The third kappa shape index (κ3) is 3.79. The van der Waals surface area contributed by atoms with Crippen molar-refractivity contribution in [3.8, 4) is 11.8 Å². The summed E-state index contributed by atoms with van der Waals surface area (Å²) < 4.78 is 31.2. The Balaban J connectivity index is 1.91. The molecule has 0 aliphatic heterocycles. The van der Waals surface area contributed by atoms with Gasteiger partial charge in [0.05, 0.1) is 0 Å². The van der Waals surface area contributed by atoms with Crippen molar-refractivity contribution in [1.29, 1.82) is 0 Å². The summed E-state index contributed by atoms with van der Waals surface area (Å²) in [6, 6.07) is 0. The third-order valence-electron chi connectivity index (χ3n) is 8.73. The second-order valence-corrected chi connectivity index (χ2v) is 10.2. The highest BCUT2D eigenvalue weighted by atomic mass is 19.2. The summed E-state index contributed by atoms with van der Waals surface area (Å²) in [5.74, 6) is 3.86. The standard InChI is InChI=1S/C29H34F2O2/c1-5-13-29(33)14-12-24-22-10-8-19-16-20(32)9-11-21(19)26(22)23(17-28(24,29)4)27(31)25(30)15-18(6-2)7-3/h6,15-16,22-24,33H,2,7-12,14,17H2,1,3-4H3/b18-15+,27-25+/t22-,23-,24-,28-,29-/m0/s1. The molecule has 0 amide bonds. The predicted molar refractivity (Wildman–Crippen MR) is 127 cm³/mol. The molecule has 0 heterocycles. The highest BCUT2D eigenvalue weighted by Crippen LogP contribution is 2.66. The minimum Gasteiger partial charge on any atom is -0.377 e. The molecule has 33 heavy (non-hydrogen) atoms. The summed E-state index contributed by atoms with van der Waals surface area (Å²) in [6.07, 6.45) is 9.32. The van der Waals surface area contributed by atoms with Crippen molar-refractivity contribution in [1.82, 2.24) is 0 Å². The van der Waals surface area contributed by atoms with Crippen LogP contribution in [0.5, 0.6) is 0 Å². The minimum atomic E-state index is -1.21. The Kier molecular flexibility index (Phi) is 6.40. The summed E-state index contributed by atoms with van der Waals surface area (Å²) in [6.45, 7) is 9.31. The highest BCUT2D eigenvalue weighted by Gasteiger charge is 2.63. The number of hydrogen-bond donors (Lipinski definition) is 1. The van der Waals surface area contributed by atoms with Crippen LogP contribution in [0.25, 0.3) is 0 Å². The Morgan fingerprint density at radius 1 is 1.30 bits per heavy atom. The van der Waals surface area contributed by atoms with E-state index in [1.165, 1.54) is 6.08 Å². The minimum absolute atomic E-state index is 0.0642. The van der Waals surface area contributed by atoms with Crippen LogP contribution in [0.15, 0.2) is 58.8 Å². The lowest BCUT2D eigenvalue weighted by molar-refractivity contribution is -0.114. The van der Waals surface area contributed by atoms with Crippen LogP contribution in [0.4, 0.5) is 8.78 Å². The molecule has 0 radical (unpaired) electrons. The van der Waals surface area contributed by atoms with E-state index in [4.69, 9.17) is 0 Å². The highest BCUT2D eigenvalue weighted by molar-refractivity contribution is 5.93. The van der Waals surface area contributed by atoms with E-state index in [0.29, 0.717) is 37.7 Å². The van der Waals surface area contributed by atoms with Crippen molar-refractivity contribution in [2.24, 2.45) is 23.2 Å². The number of carbonyl (C=O) groups is 1. The Bertz CT molecular complexity index is 1060. The molecule has 0 aromatic carbocycles. The van der Waals surface area contributed by atoms with Crippen molar-refractivity contribution >= 4 is 5.78 Å². The van der Waals surface area contributed by atoms with E-state index in [2.05, 4.69) is 18.4 Å². The Morgan fingerprint density at radius 2 is 2.06 bits per heavy atom. The van der Waals surface area contributed by atoms with Gasteiger partial charge in [0.1, 0.15) is 11.4 Å². The molecular weight excluding hydrogens is 418 g/mol. The number of hydrogen-bond acceptors (Lipinski definition) is 2. The summed E-state index contributed by atoms with van der Waals surface area (Å²) >= 11 is 0. The molecule has 0 aromatic rings. The fraction of sp³-hybridized carbons (Fsp3) is 0.552. The first-order chi connectivity index (χ1) is 15.7. The van der Waals surface area contributed by atoms with Crippen molar-refractivity contribution < 1.29 is 18.7 Å². The van der Waals surface area contributed by atoms with E-state index < -0.39 is 28.6 Å². The first kappa shape index (κ1) is 23.9. The van der Waals surface area contributed by atoms with E-state index in [-0.39, 0.29) is 17.6 Å². The number of ketones is 1. The SMILES string of the molecule is C=C/C(=C\C(F)=C(/F)[C@H]1C[C@@]2(C)[C@@H](CC[C@@]2(O)C#CC)[C@@H]2CCC3=CC(=O)CCC3=C21)CC. The zero-order valence-corrected chi connectivity index (χ0v) is 19.9. The lowest BCUT2D eigenvalue weighted by Gasteiger charge is -2.53. The van der Waals surface area contributed by atoms with Gasteiger partial charge in [-0.2, -0.15) is 0 Å². The van der Waals surface area contributed by atoms with Crippen LogP contribution >= 0.6 is 0 Å². The average Bonchev–Trinajstić information content (AvgIpc) is 3.06. The van der Waals surface area contributed by atoms with E-state index in [1.807, 2.05) is 13.8 Å². The number of rotatable bonds is 4. The Hall–Kier alpha value is -2.25. The van der Waals surface area contributed by atoms with Gasteiger partial charge in [0.25, 0.3) is 0 Å². The predicted octanol–water partition coefficient (Wildman–Crippen LogP) is 6.85. The molecule has 4 aliphatic rings. The van der Waals surface area contributed by atoms with Crippen LogP contribution in [0, 0.1) is 35.0 Å². The Labute approximate surface area is 196 Å². The molecule has 1 N–H and O–H groups in total. The monoisotopic (exact) mass is 452 g/mol. The fourth-order valence-corrected chi connectivity index (χ4v) is 7.01. The first-order valence-electron chi connectivity index (χ1n) is 12.2. The molecule has 0 aromatic heterocycles. The molecule has 4 rings (SSSR count). The molecule has 176 valence electrons. The second-order valence-electron chi connectivity index (χ2n) is 10.2. The smallest absolute Gasteiger partial charge is 0.156 e. The quantitative estimate of drug-likeness (QED) is 0.374. The van der Waals surface area contributed by atoms with Gasteiger partial charge in [0, 0.05) is 17.8 Å². The van der Waals surface area contributed by atoms with Gasteiger partial charge in [-0.05, 0) is 92.6 Å². The van der Waals surface area contributed by atoms with E-state index in [9.17, 15) is 9.90 Å². The van der Waals surface area contributed by atoms with Crippen molar-refractivity contribution in [3.63, 3.8) is 0 Å². The van der Waals surface area contributed by atoms with Crippen LogP contribution < -0.4 is 0 Å². The molecular formula is C29H34F2O2. The Morgan fingerprint density at radius 3 is 2.73 bits per heavy atom. The van der Waals surface area contributed by atoms with Crippen LogP contribution in [-0.4, -0.2) is 16.5 Å². The second kappa shape index (κ2) is 8.84. The summed E-state index contributed by atoms with van der Waals surface area (Å²) in [7, 11) is 0. The number of aliphatic hydroxyl groups is 1. The van der Waals surface area contributed by atoms with E-state index in [1.54, 1.807) is 19.1 Å². The maximum absolute atomic E-state index is 16.0. The maximum Gasteiger partial charge on any atom is 0.156 e. The number of halogens is 2. The fourth-order valence-electron chi connectivity index (χ4n) is 7.01. The van der Waals surface area contributed by atoms with Crippen LogP contribution in [0.3, 0.4) is 0 Å². The normalized spacial score (nSPS) is 36.7. The molecule has 0 unspecified atom stereocenters.